The van der Waals surface area contributed by atoms with Crippen LogP contribution in [0.25, 0.3) is 0 Å². The van der Waals surface area contributed by atoms with Gasteiger partial charge in [0.05, 0.1) is 12.1 Å². The molecule has 1 unspecified atom stereocenters. The van der Waals surface area contributed by atoms with Crippen molar-refractivity contribution in [3.8, 4) is 0 Å². The van der Waals surface area contributed by atoms with Crippen molar-refractivity contribution in [3.63, 3.8) is 0 Å². The number of nitrogens with two attached hydrogens (primary N) is 1. The van der Waals surface area contributed by atoms with Crippen molar-refractivity contribution >= 4 is 6.09 Å². The molecule has 0 saturated carbocycles. The average Bonchev–Trinajstić information content (AvgIpc) is 2.47. The fourth-order valence-electron chi connectivity index (χ4n) is 2.05. The maximum atomic E-state index is 11.8. The lowest BCUT2D eigenvalue weighted by molar-refractivity contribution is 0.0430. The largest absolute Gasteiger partial charge is 0.444 e. The summed E-state index contributed by atoms with van der Waals surface area (Å²) in [5, 5.41) is 2.91. The van der Waals surface area contributed by atoms with Gasteiger partial charge in [-0.15, -0.1) is 0 Å². The number of rotatable bonds is 3. The van der Waals surface area contributed by atoms with E-state index in [0.717, 1.165) is 6.42 Å². The van der Waals surface area contributed by atoms with E-state index in [-0.39, 0.29) is 11.6 Å². The van der Waals surface area contributed by atoms with Crippen LogP contribution >= 0.6 is 0 Å². The van der Waals surface area contributed by atoms with E-state index in [1.807, 2.05) is 27.7 Å². The number of hydrogen-bond acceptors (Lipinski definition) is 4. The molecule has 1 amide bonds. The van der Waals surface area contributed by atoms with Gasteiger partial charge in [-0.25, -0.2) is 4.79 Å². The molecule has 100 valence electrons. The molecule has 5 heteroatoms. The van der Waals surface area contributed by atoms with Gasteiger partial charge in [-0.05, 0) is 40.5 Å². The minimum absolute atomic E-state index is 0.0200. The van der Waals surface area contributed by atoms with Crippen molar-refractivity contribution in [2.24, 2.45) is 5.73 Å². The highest BCUT2D eigenvalue weighted by molar-refractivity contribution is 5.68. The average molecular weight is 244 g/mol. The van der Waals surface area contributed by atoms with Crippen LogP contribution in [0, 0.1) is 0 Å². The molecule has 0 radical (unpaired) electrons. The van der Waals surface area contributed by atoms with Crippen molar-refractivity contribution in [1.82, 2.24) is 5.32 Å². The summed E-state index contributed by atoms with van der Waals surface area (Å²) < 4.78 is 10.6. The number of carbonyl (C=O) groups excluding carboxylic acids is 1. The quantitative estimate of drug-likeness (QED) is 0.787. The second-order valence-corrected chi connectivity index (χ2v) is 5.89. The number of hydrogen-bond donors (Lipinski definition) is 2. The van der Waals surface area contributed by atoms with E-state index < -0.39 is 11.7 Å². The summed E-state index contributed by atoms with van der Waals surface area (Å²) in [4.78, 5) is 11.8. The molecule has 0 aromatic heterocycles. The predicted molar refractivity (Wildman–Crippen MR) is 65.8 cm³/mol. The first-order valence-corrected chi connectivity index (χ1v) is 6.07. The van der Waals surface area contributed by atoms with Crippen molar-refractivity contribution < 1.29 is 14.3 Å². The van der Waals surface area contributed by atoms with Gasteiger partial charge in [0.15, 0.2) is 0 Å². The zero-order valence-corrected chi connectivity index (χ0v) is 11.2. The molecule has 1 rings (SSSR count). The van der Waals surface area contributed by atoms with Crippen LogP contribution in [0.1, 0.15) is 40.5 Å². The van der Waals surface area contributed by atoms with Gasteiger partial charge in [-0.1, -0.05) is 0 Å². The van der Waals surface area contributed by atoms with Crippen molar-refractivity contribution in [3.05, 3.63) is 0 Å². The zero-order valence-electron chi connectivity index (χ0n) is 11.2. The highest BCUT2D eigenvalue weighted by Gasteiger charge is 2.38. The number of carbonyl (C=O) groups is 1. The Morgan fingerprint density at radius 1 is 1.59 bits per heavy atom. The Kier molecular flexibility index (Phi) is 4.38. The normalized spacial score (nSPS) is 26.6. The van der Waals surface area contributed by atoms with Crippen molar-refractivity contribution in [2.75, 3.05) is 13.2 Å². The standard InChI is InChI=1S/C12H24N2O3/c1-9(13)7-12(5-6-16-8-12)14-10(15)17-11(2,3)4/h9H,5-8,13H2,1-4H3,(H,14,15)/t9-,12?/m0/s1. The molecule has 0 aromatic rings. The second-order valence-electron chi connectivity index (χ2n) is 5.89. The summed E-state index contributed by atoms with van der Waals surface area (Å²) >= 11 is 0. The van der Waals surface area contributed by atoms with Crippen LogP contribution in [0.5, 0.6) is 0 Å². The van der Waals surface area contributed by atoms with Gasteiger partial charge in [0.2, 0.25) is 0 Å². The van der Waals surface area contributed by atoms with Gasteiger partial charge >= 0.3 is 6.09 Å². The molecule has 0 bridgehead atoms. The topological polar surface area (TPSA) is 73.6 Å². The molecule has 1 fully saturated rings. The molecule has 0 aliphatic carbocycles. The lowest BCUT2D eigenvalue weighted by atomic mass is 9.91. The Morgan fingerprint density at radius 3 is 2.65 bits per heavy atom. The molecular weight excluding hydrogens is 220 g/mol. The lowest BCUT2D eigenvalue weighted by Gasteiger charge is -2.31. The highest BCUT2D eigenvalue weighted by atomic mass is 16.6. The summed E-state index contributed by atoms with van der Waals surface area (Å²) in [6.45, 7) is 8.62. The van der Waals surface area contributed by atoms with Crippen LogP contribution < -0.4 is 11.1 Å². The molecule has 0 spiro atoms. The third-order valence-corrected chi connectivity index (χ3v) is 2.58. The van der Waals surface area contributed by atoms with Gasteiger partial charge in [-0.3, -0.25) is 0 Å². The predicted octanol–water partition coefficient (Wildman–Crippen LogP) is 1.41. The zero-order chi connectivity index (χ0) is 13.1. The maximum absolute atomic E-state index is 11.8. The van der Waals surface area contributed by atoms with Crippen LogP contribution in [0.15, 0.2) is 0 Å². The van der Waals surface area contributed by atoms with E-state index in [9.17, 15) is 4.79 Å². The van der Waals surface area contributed by atoms with Crippen LogP contribution in [0.2, 0.25) is 0 Å². The minimum Gasteiger partial charge on any atom is -0.444 e. The third-order valence-electron chi connectivity index (χ3n) is 2.58. The smallest absolute Gasteiger partial charge is 0.408 e. The monoisotopic (exact) mass is 244 g/mol. The van der Waals surface area contributed by atoms with Crippen LogP contribution in [-0.2, 0) is 9.47 Å². The molecule has 1 heterocycles. The van der Waals surface area contributed by atoms with Gasteiger partial charge < -0.3 is 20.5 Å². The van der Waals surface area contributed by atoms with Gasteiger partial charge in [0.25, 0.3) is 0 Å². The SMILES string of the molecule is C[C@H](N)CC1(NC(=O)OC(C)(C)C)CCOC1. The Labute approximate surface area is 103 Å². The molecule has 0 aromatic carbocycles. The van der Waals surface area contributed by atoms with E-state index >= 15 is 0 Å². The van der Waals surface area contributed by atoms with Gasteiger partial charge in [0, 0.05) is 12.6 Å². The summed E-state index contributed by atoms with van der Waals surface area (Å²) in [7, 11) is 0. The molecule has 17 heavy (non-hydrogen) atoms. The fourth-order valence-corrected chi connectivity index (χ4v) is 2.05. The fraction of sp³-hybridized carbons (Fsp3) is 0.917. The van der Waals surface area contributed by atoms with Crippen LogP contribution in [0.4, 0.5) is 4.79 Å². The molecule has 2 atom stereocenters. The summed E-state index contributed by atoms with van der Waals surface area (Å²) in [6, 6.07) is 0.0200. The van der Waals surface area contributed by atoms with Crippen molar-refractivity contribution in [2.45, 2.75) is 57.7 Å². The van der Waals surface area contributed by atoms with E-state index in [4.69, 9.17) is 15.2 Å². The molecule has 1 aliphatic rings. The Morgan fingerprint density at radius 2 is 2.24 bits per heavy atom. The molecule has 1 saturated heterocycles. The summed E-state index contributed by atoms with van der Waals surface area (Å²) in [6.07, 6.45) is 1.09. The van der Waals surface area contributed by atoms with E-state index in [2.05, 4.69) is 5.32 Å². The third kappa shape index (κ3) is 4.91. The number of alkyl carbamates (subject to hydrolysis) is 1. The maximum Gasteiger partial charge on any atom is 0.408 e. The first-order chi connectivity index (χ1) is 7.72. The van der Waals surface area contributed by atoms with Gasteiger partial charge in [-0.2, -0.15) is 0 Å². The van der Waals surface area contributed by atoms with Crippen LogP contribution in [-0.4, -0.2) is 36.5 Å². The van der Waals surface area contributed by atoms with Crippen molar-refractivity contribution in [1.29, 1.82) is 0 Å². The highest BCUT2D eigenvalue weighted by Crippen LogP contribution is 2.24. The van der Waals surface area contributed by atoms with Gasteiger partial charge in [0.1, 0.15) is 5.60 Å². The Bertz CT molecular complexity index is 265. The van der Waals surface area contributed by atoms with Crippen LogP contribution in [0.3, 0.4) is 0 Å². The first kappa shape index (κ1) is 14.3. The molecule has 3 N–H and O–H groups in total. The second kappa shape index (κ2) is 5.23. The summed E-state index contributed by atoms with van der Waals surface area (Å²) in [5.41, 5.74) is 4.96. The molecule has 1 aliphatic heterocycles. The molecular formula is C12H24N2O3. The van der Waals surface area contributed by atoms with E-state index in [1.54, 1.807) is 0 Å². The number of nitrogens with one attached hydrogen (secondary N) is 1. The summed E-state index contributed by atoms with van der Waals surface area (Å²) in [5.74, 6) is 0. The van der Waals surface area contributed by atoms with E-state index in [0.29, 0.717) is 19.6 Å². The first-order valence-electron chi connectivity index (χ1n) is 6.07. The number of ether oxygens (including phenoxy) is 2. The Hall–Kier alpha value is -0.810. The lowest BCUT2D eigenvalue weighted by Crippen LogP contribution is -2.53. The Balaban J connectivity index is 2.58. The minimum atomic E-state index is -0.487. The number of amides is 1. The molecule has 5 nitrogen and oxygen atoms in total. The van der Waals surface area contributed by atoms with E-state index in [1.165, 1.54) is 0 Å².